The first-order valence-electron chi connectivity index (χ1n) is 6.62. The Bertz CT molecular complexity index is 179. The molecule has 2 atom stereocenters. The molecule has 0 aromatic rings. The van der Waals surface area contributed by atoms with Crippen molar-refractivity contribution in [2.75, 3.05) is 19.6 Å². The van der Waals surface area contributed by atoms with Gasteiger partial charge >= 0.3 is 0 Å². The lowest BCUT2D eigenvalue weighted by molar-refractivity contribution is 0.261. The van der Waals surface area contributed by atoms with Gasteiger partial charge in [-0.2, -0.15) is 0 Å². The van der Waals surface area contributed by atoms with Crippen LogP contribution in [0.4, 0.5) is 0 Å². The van der Waals surface area contributed by atoms with Gasteiger partial charge in [0.1, 0.15) is 0 Å². The molecular formula is C13H24ClN. The molecule has 2 fully saturated rings. The molecule has 1 heterocycles. The lowest BCUT2D eigenvalue weighted by Crippen LogP contribution is -2.24. The summed E-state index contributed by atoms with van der Waals surface area (Å²) in [5.74, 6) is 1.71. The van der Waals surface area contributed by atoms with Gasteiger partial charge in [-0.1, -0.05) is 39.0 Å². The predicted molar refractivity (Wildman–Crippen MR) is 66.4 cm³/mol. The van der Waals surface area contributed by atoms with Gasteiger partial charge in [-0.05, 0) is 24.8 Å². The first-order chi connectivity index (χ1) is 7.25. The molecule has 0 aromatic heterocycles. The number of likely N-dealkylation sites (tertiary alicyclic amines) is 1. The molecule has 15 heavy (non-hydrogen) atoms. The van der Waals surface area contributed by atoms with Crippen molar-refractivity contribution < 1.29 is 0 Å². The lowest BCUT2D eigenvalue weighted by Gasteiger charge is -2.24. The van der Waals surface area contributed by atoms with E-state index < -0.39 is 0 Å². The largest absolute Gasteiger partial charge is 0.302 e. The van der Waals surface area contributed by atoms with E-state index in [9.17, 15) is 0 Å². The van der Waals surface area contributed by atoms with Gasteiger partial charge in [-0.25, -0.2) is 0 Å². The Hall–Kier alpha value is 0.250. The highest BCUT2D eigenvalue weighted by atomic mass is 35.5. The van der Waals surface area contributed by atoms with Crippen molar-refractivity contribution >= 4 is 11.6 Å². The highest BCUT2D eigenvalue weighted by Gasteiger charge is 2.27. The van der Waals surface area contributed by atoms with Crippen molar-refractivity contribution in [2.24, 2.45) is 11.8 Å². The van der Waals surface area contributed by atoms with E-state index in [0.717, 1.165) is 12.5 Å². The van der Waals surface area contributed by atoms with Gasteiger partial charge in [0.25, 0.3) is 0 Å². The summed E-state index contributed by atoms with van der Waals surface area (Å²) >= 11 is 6.24. The van der Waals surface area contributed by atoms with E-state index in [1.165, 1.54) is 51.6 Å². The molecule has 2 rings (SSSR count). The highest BCUT2D eigenvalue weighted by molar-refractivity contribution is 6.21. The molecule has 1 aliphatic heterocycles. The fraction of sp³-hybridized carbons (Fsp3) is 1.00. The first-order valence-corrected chi connectivity index (χ1v) is 7.06. The van der Waals surface area contributed by atoms with Gasteiger partial charge in [-0.3, -0.25) is 0 Å². The van der Waals surface area contributed by atoms with Crippen LogP contribution < -0.4 is 0 Å². The second-order valence-corrected chi connectivity index (χ2v) is 6.11. The fourth-order valence-electron chi connectivity index (χ4n) is 3.05. The second-order valence-electron chi connectivity index (χ2n) is 5.55. The molecule has 88 valence electrons. The summed E-state index contributed by atoms with van der Waals surface area (Å²) in [7, 11) is 0. The molecular weight excluding hydrogens is 206 g/mol. The molecule has 1 nitrogen and oxygen atoms in total. The fourth-order valence-corrected chi connectivity index (χ4v) is 3.32. The average Bonchev–Trinajstić information content (AvgIpc) is 2.57. The van der Waals surface area contributed by atoms with Crippen LogP contribution in [0.15, 0.2) is 0 Å². The molecule has 0 radical (unpaired) electrons. The number of rotatable bonds is 3. The molecule has 0 aromatic carbocycles. The van der Waals surface area contributed by atoms with E-state index in [-0.39, 0.29) is 0 Å². The summed E-state index contributed by atoms with van der Waals surface area (Å²) in [6.45, 7) is 5.91. The molecule has 0 N–H and O–H groups in total. The van der Waals surface area contributed by atoms with E-state index >= 15 is 0 Å². The Balaban J connectivity index is 1.65. The Kier molecular flexibility index (Phi) is 4.33. The van der Waals surface area contributed by atoms with Crippen LogP contribution in [0.3, 0.4) is 0 Å². The van der Waals surface area contributed by atoms with Crippen LogP contribution in [-0.4, -0.2) is 29.9 Å². The third kappa shape index (κ3) is 3.35. The summed E-state index contributed by atoms with van der Waals surface area (Å²) in [4.78, 5) is 2.57. The zero-order valence-electron chi connectivity index (χ0n) is 9.92. The van der Waals surface area contributed by atoms with E-state index in [1.807, 2.05) is 0 Å². The molecule has 1 saturated heterocycles. The predicted octanol–water partition coefficient (Wildman–Crippen LogP) is 3.52. The maximum absolute atomic E-state index is 6.24. The smallest absolute Gasteiger partial charge is 0.0500 e. The number of alkyl halides is 1. The van der Waals surface area contributed by atoms with E-state index in [4.69, 9.17) is 11.6 Å². The van der Waals surface area contributed by atoms with Gasteiger partial charge < -0.3 is 4.90 Å². The molecule has 1 aliphatic carbocycles. The zero-order chi connectivity index (χ0) is 10.7. The standard InChI is InChI=1S/C13H24ClN/c1-11-9-15(10-13(11)14)8-7-12-5-3-2-4-6-12/h11-13H,2-10H2,1H3. The van der Waals surface area contributed by atoms with Crippen molar-refractivity contribution in [3.05, 3.63) is 0 Å². The monoisotopic (exact) mass is 229 g/mol. The Morgan fingerprint density at radius 3 is 2.47 bits per heavy atom. The molecule has 0 spiro atoms. The lowest BCUT2D eigenvalue weighted by atomic mass is 9.87. The van der Waals surface area contributed by atoms with Gasteiger partial charge in [0.2, 0.25) is 0 Å². The number of halogens is 1. The maximum atomic E-state index is 6.24. The number of hydrogen-bond acceptors (Lipinski definition) is 1. The average molecular weight is 230 g/mol. The number of nitrogens with zero attached hydrogens (tertiary/aromatic N) is 1. The summed E-state index contributed by atoms with van der Waals surface area (Å²) in [6.07, 6.45) is 8.79. The van der Waals surface area contributed by atoms with Crippen molar-refractivity contribution in [2.45, 2.75) is 50.8 Å². The number of hydrogen-bond donors (Lipinski definition) is 0. The molecule has 2 aliphatic rings. The molecule has 0 bridgehead atoms. The van der Waals surface area contributed by atoms with Gasteiger partial charge in [-0.15, -0.1) is 11.6 Å². The van der Waals surface area contributed by atoms with Crippen LogP contribution in [0.25, 0.3) is 0 Å². The summed E-state index contributed by atoms with van der Waals surface area (Å²) in [6, 6.07) is 0. The molecule has 2 heteroatoms. The van der Waals surface area contributed by atoms with Gasteiger partial charge in [0.05, 0.1) is 5.38 Å². The van der Waals surface area contributed by atoms with Crippen LogP contribution in [-0.2, 0) is 0 Å². The minimum atomic E-state index is 0.399. The van der Waals surface area contributed by atoms with E-state index in [1.54, 1.807) is 0 Å². The zero-order valence-corrected chi connectivity index (χ0v) is 10.7. The minimum absolute atomic E-state index is 0.399. The van der Waals surface area contributed by atoms with Crippen molar-refractivity contribution in [3.63, 3.8) is 0 Å². The van der Waals surface area contributed by atoms with Gasteiger partial charge in [0, 0.05) is 13.1 Å². The van der Waals surface area contributed by atoms with Crippen LogP contribution in [0.2, 0.25) is 0 Å². The van der Waals surface area contributed by atoms with E-state index in [0.29, 0.717) is 11.3 Å². The van der Waals surface area contributed by atoms with Crippen molar-refractivity contribution in [1.82, 2.24) is 4.90 Å². The summed E-state index contributed by atoms with van der Waals surface area (Å²) in [5, 5.41) is 0.399. The highest BCUT2D eigenvalue weighted by Crippen LogP contribution is 2.28. The van der Waals surface area contributed by atoms with Crippen LogP contribution in [0.1, 0.15) is 45.4 Å². The van der Waals surface area contributed by atoms with Crippen molar-refractivity contribution in [3.8, 4) is 0 Å². The SMILES string of the molecule is CC1CN(CCC2CCCCC2)CC1Cl. The molecule has 1 saturated carbocycles. The quantitative estimate of drug-likeness (QED) is 0.670. The third-order valence-corrected chi connectivity index (χ3v) is 4.74. The second kappa shape index (κ2) is 5.54. The maximum Gasteiger partial charge on any atom is 0.0500 e. The minimum Gasteiger partial charge on any atom is -0.302 e. The Labute approximate surface area is 99.2 Å². The summed E-state index contributed by atoms with van der Waals surface area (Å²) in [5.41, 5.74) is 0. The Morgan fingerprint density at radius 2 is 1.87 bits per heavy atom. The topological polar surface area (TPSA) is 3.24 Å². The van der Waals surface area contributed by atoms with Crippen LogP contribution in [0, 0.1) is 11.8 Å². The van der Waals surface area contributed by atoms with Crippen LogP contribution in [0.5, 0.6) is 0 Å². The Morgan fingerprint density at radius 1 is 1.13 bits per heavy atom. The molecule has 0 amide bonds. The van der Waals surface area contributed by atoms with Crippen molar-refractivity contribution in [1.29, 1.82) is 0 Å². The van der Waals surface area contributed by atoms with Crippen LogP contribution >= 0.6 is 11.6 Å². The normalized spacial score (nSPS) is 34.8. The van der Waals surface area contributed by atoms with E-state index in [2.05, 4.69) is 11.8 Å². The molecule has 2 unspecified atom stereocenters. The van der Waals surface area contributed by atoms with Gasteiger partial charge in [0.15, 0.2) is 0 Å². The third-order valence-electron chi connectivity index (χ3n) is 4.17. The first kappa shape index (κ1) is 11.7. The summed E-state index contributed by atoms with van der Waals surface area (Å²) < 4.78 is 0.